The summed E-state index contributed by atoms with van der Waals surface area (Å²) in [5.41, 5.74) is 0.622. The first-order chi connectivity index (χ1) is 8.00. The molecular formula is C10H8BrN3O3. The van der Waals surface area contributed by atoms with Crippen LogP contribution in [0.15, 0.2) is 27.4 Å². The average molecular weight is 298 g/mol. The number of nitrogens with two attached hydrogens (primary N) is 1. The van der Waals surface area contributed by atoms with Crippen LogP contribution in [0.4, 0.5) is 0 Å². The summed E-state index contributed by atoms with van der Waals surface area (Å²) >= 11 is 3.27. The Morgan fingerprint density at radius 3 is 2.88 bits per heavy atom. The van der Waals surface area contributed by atoms with Crippen molar-refractivity contribution in [2.75, 3.05) is 0 Å². The van der Waals surface area contributed by atoms with E-state index in [1.54, 1.807) is 0 Å². The number of nitrogens with zero attached hydrogens (tertiary/aromatic N) is 2. The number of hydrazine groups is 1. The lowest BCUT2D eigenvalue weighted by molar-refractivity contribution is -0.126. The van der Waals surface area contributed by atoms with Gasteiger partial charge in [-0.05, 0) is 22.0 Å². The summed E-state index contributed by atoms with van der Waals surface area (Å²) < 4.78 is 5.86. The van der Waals surface area contributed by atoms with Crippen molar-refractivity contribution in [3.05, 3.63) is 28.7 Å². The SMILES string of the molecule is CC(=O)N(N)C(=O)c1cc2c(Br)coc2cn1. The van der Waals surface area contributed by atoms with Crippen LogP contribution >= 0.6 is 15.9 Å². The molecule has 0 atom stereocenters. The van der Waals surface area contributed by atoms with Gasteiger partial charge < -0.3 is 4.42 Å². The molecule has 0 aromatic carbocycles. The summed E-state index contributed by atoms with van der Waals surface area (Å²) in [6, 6.07) is 1.51. The lowest BCUT2D eigenvalue weighted by atomic mass is 10.2. The minimum atomic E-state index is -0.660. The molecule has 0 bridgehead atoms. The van der Waals surface area contributed by atoms with Crippen molar-refractivity contribution in [2.45, 2.75) is 6.92 Å². The molecule has 0 aliphatic carbocycles. The maximum absolute atomic E-state index is 11.7. The van der Waals surface area contributed by atoms with E-state index in [4.69, 9.17) is 10.3 Å². The van der Waals surface area contributed by atoms with Gasteiger partial charge in [-0.1, -0.05) is 0 Å². The Morgan fingerprint density at radius 2 is 2.24 bits per heavy atom. The van der Waals surface area contributed by atoms with Gasteiger partial charge in [0, 0.05) is 12.3 Å². The summed E-state index contributed by atoms with van der Waals surface area (Å²) in [5.74, 6) is 4.10. The van der Waals surface area contributed by atoms with E-state index < -0.39 is 11.8 Å². The number of pyridine rings is 1. The third kappa shape index (κ3) is 2.06. The second-order valence-corrected chi connectivity index (χ2v) is 4.20. The second-order valence-electron chi connectivity index (χ2n) is 3.34. The van der Waals surface area contributed by atoms with E-state index in [0.717, 1.165) is 0 Å². The van der Waals surface area contributed by atoms with E-state index in [-0.39, 0.29) is 5.69 Å². The van der Waals surface area contributed by atoms with Gasteiger partial charge >= 0.3 is 0 Å². The number of hydrogen-bond acceptors (Lipinski definition) is 5. The van der Waals surface area contributed by atoms with Crippen LogP contribution in [0.25, 0.3) is 11.0 Å². The van der Waals surface area contributed by atoms with Crippen molar-refractivity contribution in [1.29, 1.82) is 0 Å². The van der Waals surface area contributed by atoms with Gasteiger partial charge in [0.25, 0.3) is 5.91 Å². The molecule has 17 heavy (non-hydrogen) atoms. The lowest BCUT2D eigenvalue weighted by Crippen LogP contribution is -2.41. The minimum Gasteiger partial charge on any atom is -0.461 e. The molecule has 2 aromatic heterocycles. The molecule has 0 unspecified atom stereocenters. The van der Waals surface area contributed by atoms with Crippen LogP contribution in [0.3, 0.4) is 0 Å². The Hall–Kier alpha value is -1.73. The van der Waals surface area contributed by atoms with Gasteiger partial charge in [0.1, 0.15) is 12.0 Å². The van der Waals surface area contributed by atoms with Crippen LogP contribution in [0, 0.1) is 0 Å². The number of amides is 2. The van der Waals surface area contributed by atoms with Crippen LogP contribution in [-0.4, -0.2) is 21.8 Å². The van der Waals surface area contributed by atoms with Gasteiger partial charge in [-0.25, -0.2) is 15.8 Å². The number of furan rings is 1. The number of hydrogen-bond donors (Lipinski definition) is 1. The molecule has 2 N–H and O–H groups in total. The van der Waals surface area contributed by atoms with Crippen LogP contribution in [-0.2, 0) is 4.79 Å². The first kappa shape index (κ1) is 11.7. The average Bonchev–Trinajstić information content (AvgIpc) is 2.68. The van der Waals surface area contributed by atoms with Crippen molar-refractivity contribution in [2.24, 2.45) is 5.84 Å². The maximum atomic E-state index is 11.7. The predicted molar refractivity (Wildman–Crippen MR) is 62.7 cm³/mol. The van der Waals surface area contributed by atoms with Crippen LogP contribution in [0.2, 0.25) is 0 Å². The van der Waals surface area contributed by atoms with Gasteiger partial charge in [0.15, 0.2) is 5.58 Å². The Labute approximate surface area is 104 Å². The highest BCUT2D eigenvalue weighted by Gasteiger charge is 2.18. The van der Waals surface area contributed by atoms with Crippen molar-refractivity contribution in [1.82, 2.24) is 9.99 Å². The molecule has 2 aromatic rings. The maximum Gasteiger partial charge on any atom is 0.293 e. The van der Waals surface area contributed by atoms with E-state index in [0.29, 0.717) is 20.5 Å². The fraction of sp³-hybridized carbons (Fsp3) is 0.100. The van der Waals surface area contributed by atoms with Crippen molar-refractivity contribution in [3.8, 4) is 0 Å². The molecule has 0 radical (unpaired) electrons. The summed E-state index contributed by atoms with van der Waals surface area (Å²) in [7, 11) is 0. The van der Waals surface area contributed by atoms with E-state index in [1.807, 2.05) is 0 Å². The highest BCUT2D eigenvalue weighted by molar-refractivity contribution is 9.10. The Kier molecular flexibility index (Phi) is 2.95. The molecule has 6 nitrogen and oxygen atoms in total. The zero-order chi connectivity index (χ0) is 12.6. The zero-order valence-corrected chi connectivity index (χ0v) is 10.4. The zero-order valence-electron chi connectivity index (χ0n) is 8.81. The first-order valence-electron chi connectivity index (χ1n) is 4.63. The van der Waals surface area contributed by atoms with Crippen molar-refractivity contribution < 1.29 is 14.0 Å². The van der Waals surface area contributed by atoms with Gasteiger partial charge in [-0.2, -0.15) is 0 Å². The summed E-state index contributed by atoms with van der Waals surface area (Å²) in [5, 5.41) is 1.21. The number of fused-ring (bicyclic) bond motifs is 1. The van der Waals surface area contributed by atoms with E-state index in [1.165, 1.54) is 25.5 Å². The monoisotopic (exact) mass is 297 g/mol. The number of carbonyl (C=O) groups excluding carboxylic acids is 2. The molecular weight excluding hydrogens is 290 g/mol. The van der Waals surface area contributed by atoms with Crippen LogP contribution in [0.1, 0.15) is 17.4 Å². The molecule has 0 spiro atoms. The third-order valence-corrected chi connectivity index (χ3v) is 2.81. The number of aromatic nitrogens is 1. The van der Waals surface area contributed by atoms with Gasteiger partial charge in [-0.15, -0.1) is 0 Å². The predicted octanol–water partition coefficient (Wildman–Crippen LogP) is 1.45. The number of carbonyl (C=O) groups is 2. The summed E-state index contributed by atoms with van der Waals surface area (Å²) in [6.07, 6.45) is 2.90. The van der Waals surface area contributed by atoms with Crippen molar-refractivity contribution >= 4 is 38.7 Å². The number of rotatable bonds is 1. The normalized spacial score (nSPS) is 10.5. The lowest BCUT2D eigenvalue weighted by Gasteiger charge is -2.10. The molecule has 0 saturated heterocycles. The molecule has 0 fully saturated rings. The smallest absolute Gasteiger partial charge is 0.293 e. The molecule has 0 aliphatic rings. The molecule has 0 saturated carbocycles. The molecule has 0 aliphatic heterocycles. The van der Waals surface area contributed by atoms with Crippen LogP contribution in [0.5, 0.6) is 0 Å². The Morgan fingerprint density at radius 1 is 1.53 bits per heavy atom. The molecule has 88 valence electrons. The largest absolute Gasteiger partial charge is 0.461 e. The van der Waals surface area contributed by atoms with Crippen molar-refractivity contribution in [3.63, 3.8) is 0 Å². The molecule has 2 rings (SSSR count). The van der Waals surface area contributed by atoms with E-state index >= 15 is 0 Å². The van der Waals surface area contributed by atoms with Gasteiger partial charge in [0.05, 0.1) is 10.7 Å². The van der Waals surface area contributed by atoms with Crippen LogP contribution < -0.4 is 5.84 Å². The minimum absolute atomic E-state index is 0.0808. The highest BCUT2D eigenvalue weighted by Crippen LogP contribution is 2.25. The standard InChI is InChI=1S/C10H8BrN3O3/c1-5(15)14(12)10(16)8-2-6-7(11)4-17-9(6)3-13-8/h2-4H,12H2,1H3. The number of imide groups is 1. The Bertz CT molecular complexity index is 608. The topological polar surface area (TPSA) is 89.4 Å². The fourth-order valence-electron chi connectivity index (χ4n) is 1.29. The van der Waals surface area contributed by atoms with Gasteiger partial charge in [-0.3, -0.25) is 9.59 Å². The molecule has 2 heterocycles. The second kappa shape index (κ2) is 4.27. The number of halogens is 1. The summed E-state index contributed by atoms with van der Waals surface area (Å²) in [6.45, 7) is 1.20. The first-order valence-corrected chi connectivity index (χ1v) is 5.42. The third-order valence-electron chi connectivity index (χ3n) is 2.19. The fourth-order valence-corrected chi connectivity index (χ4v) is 1.69. The van der Waals surface area contributed by atoms with E-state index in [9.17, 15) is 9.59 Å². The summed E-state index contributed by atoms with van der Waals surface area (Å²) in [4.78, 5) is 26.6. The quantitative estimate of drug-likeness (QED) is 0.489. The highest BCUT2D eigenvalue weighted by atomic mass is 79.9. The van der Waals surface area contributed by atoms with E-state index in [2.05, 4.69) is 20.9 Å². The Balaban J connectivity index is 2.45. The van der Waals surface area contributed by atoms with Gasteiger partial charge in [0.2, 0.25) is 5.91 Å². The molecule has 2 amide bonds. The molecule has 7 heteroatoms.